The highest BCUT2D eigenvalue weighted by Crippen LogP contribution is 2.23. The predicted molar refractivity (Wildman–Crippen MR) is 82.4 cm³/mol. The summed E-state index contributed by atoms with van der Waals surface area (Å²) in [7, 11) is 2.16. The Bertz CT molecular complexity index is 525. The lowest BCUT2D eigenvalue weighted by Crippen LogP contribution is -2.24. The first-order valence-corrected chi connectivity index (χ1v) is 7.30. The molecule has 0 spiro atoms. The van der Waals surface area contributed by atoms with Gasteiger partial charge in [0.15, 0.2) is 0 Å². The molecule has 0 saturated heterocycles. The normalized spacial score (nSPS) is 12.6. The molecule has 0 unspecified atom stereocenters. The molecule has 0 saturated carbocycles. The zero-order valence-corrected chi connectivity index (χ0v) is 12.6. The molecule has 0 aliphatic heterocycles. The molecule has 106 valence electrons. The van der Waals surface area contributed by atoms with Crippen LogP contribution in [0.2, 0.25) is 0 Å². The van der Waals surface area contributed by atoms with Crippen molar-refractivity contribution in [2.24, 2.45) is 0 Å². The highest BCUT2D eigenvalue weighted by Gasteiger charge is 2.15. The second-order valence-corrected chi connectivity index (χ2v) is 5.07. The van der Waals surface area contributed by atoms with Crippen molar-refractivity contribution >= 4 is 0 Å². The van der Waals surface area contributed by atoms with Gasteiger partial charge in [-0.2, -0.15) is 0 Å². The minimum Gasteiger partial charge on any atom is -0.294 e. The lowest BCUT2D eigenvalue weighted by Gasteiger charge is -2.27. The van der Waals surface area contributed by atoms with E-state index in [1.165, 1.54) is 5.56 Å². The molecule has 0 aliphatic rings. The number of aromatic nitrogens is 2. The summed E-state index contributed by atoms with van der Waals surface area (Å²) >= 11 is 0. The average molecular weight is 269 g/mol. The molecule has 0 bridgehead atoms. The Hall–Kier alpha value is -1.74. The first-order valence-electron chi connectivity index (χ1n) is 7.30. The van der Waals surface area contributed by atoms with Crippen LogP contribution in [-0.2, 0) is 13.0 Å². The van der Waals surface area contributed by atoms with Crippen molar-refractivity contribution in [3.05, 3.63) is 59.7 Å². The van der Waals surface area contributed by atoms with Crippen LogP contribution < -0.4 is 0 Å². The summed E-state index contributed by atoms with van der Waals surface area (Å²) in [6.07, 6.45) is 3.83. The van der Waals surface area contributed by atoms with Gasteiger partial charge in [-0.1, -0.05) is 44.2 Å². The van der Waals surface area contributed by atoms with Gasteiger partial charge < -0.3 is 0 Å². The molecule has 1 heterocycles. The molecule has 0 fully saturated rings. The predicted octanol–water partition coefficient (Wildman–Crippen LogP) is 3.62. The Morgan fingerprint density at radius 3 is 2.50 bits per heavy atom. The standard InChI is InChI=1S/C17H23N3/c1-4-16(14-9-7-6-8-10-14)20(3)13-15-11-12-18-17(5-2)19-15/h6-12,16H,4-5,13H2,1-3H3/t16-/m0/s1. The van der Waals surface area contributed by atoms with Gasteiger partial charge in [0.1, 0.15) is 5.82 Å². The van der Waals surface area contributed by atoms with E-state index in [4.69, 9.17) is 0 Å². The van der Waals surface area contributed by atoms with E-state index in [1.54, 1.807) is 0 Å². The van der Waals surface area contributed by atoms with E-state index in [0.717, 1.165) is 30.9 Å². The van der Waals surface area contributed by atoms with Crippen LogP contribution in [0.4, 0.5) is 0 Å². The lowest BCUT2D eigenvalue weighted by atomic mass is 10.0. The van der Waals surface area contributed by atoms with E-state index in [1.807, 2.05) is 12.3 Å². The highest BCUT2D eigenvalue weighted by atomic mass is 15.1. The molecule has 1 atom stereocenters. The van der Waals surface area contributed by atoms with E-state index in [2.05, 4.69) is 66.1 Å². The molecule has 0 N–H and O–H groups in total. The first-order chi connectivity index (χ1) is 9.74. The summed E-state index contributed by atoms with van der Waals surface area (Å²) in [6.45, 7) is 5.16. The topological polar surface area (TPSA) is 29.0 Å². The van der Waals surface area contributed by atoms with Crippen molar-refractivity contribution < 1.29 is 0 Å². The lowest BCUT2D eigenvalue weighted by molar-refractivity contribution is 0.227. The summed E-state index contributed by atoms with van der Waals surface area (Å²) in [5.41, 5.74) is 2.45. The molecule has 1 aromatic carbocycles. The van der Waals surface area contributed by atoms with Gasteiger partial charge in [0.05, 0.1) is 5.69 Å². The Balaban J connectivity index is 2.11. The molecule has 2 rings (SSSR count). The van der Waals surface area contributed by atoms with E-state index in [9.17, 15) is 0 Å². The molecule has 1 aromatic heterocycles. The monoisotopic (exact) mass is 269 g/mol. The fourth-order valence-electron chi connectivity index (χ4n) is 2.54. The van der Waals surface area contributed by atoms with Crippen LogP contribution in [0.25, 0.3) is 0 Å². The van der Waals surface area contributed by atoms with Crippen molar-refractivity contribution in [2.75, 3.05) is 7.05 Å². The van der Waals surface area contributed by atoms with Gasteiger partial charge in [0.25, 0.3) is 0 Å². The maximum atomic E-state index is 4.59. The zero-order chi connectivity index (χ0) is 14.4. The quantitative estimate of drug-likeness (QED) is 0.802. The zero-order valence-electron chi connectivity index (χ0n) is 12.6. The summed E-state index contributed by atoms with van der Waals surface area (Å²) in [5.74, 6) is 0.920. The fourth-order valence-corrected chi connectivity index (χ4v) is 2.54. The summed E-state index contributed by atoms with van der Waals surface area (Å²) in [4.78, 5) is 11.2. The fraction of sp³-hybridized carbons (Fsp3) is 0.412. The van der Waals surface area contributed by atoms with E-state index in [0.29, 0.717) is 6.04 Å². The van der Waals surface area contributed by atoms with Crippen LogP contribution in [0.15, 0.2) is 42.6 Å². The summed E-state index contributed by atoms with van der Waals surface area (Å²) in [5, 5.41) is 0. The SMILES string of the molecule is CCc1nccc(CN(C)[C@@H](CC)c2ccccc2)n1. The Kier molecular flexibility index (Phi) is 5.24. The minimum absolute atomic E-state index is 0.427. The third kappa shape index (κ3) is 3.64. The highest BCUT2D eigenvalue weighted by molar-refractivity contribution is 5.19. The van der Waals surface area contributed by atoms with Crippen molar-refractivity contribution in [1.82, 2.24) is 14.9 Å². The number of nitrogens with zero attached hydrogens (tertiary/aromatic N) is 3. The molecule has 0 radical (unpaired) electrons. The van der Waals surface area contributed by atoms with E-state index in [-0.39, 0.29) is 0 Å². The average Bonchev–Trinajstić information content (AvgIpc) is 2.49. The molecule has 2 aromatic rings. The van der Waals surface area contributed by atoms with Crippen LogP contribution in [0, 0.1) is 0 Å². The molecule has 20 heavy (non-hydrogen) atoms. The van der Waals surface area contributed by atoms with Crippen LogP contribution >= 0.6 is 0 Å². The van der Waals surface area contributed by atoms with Crippen LogP contribution in [0.5, 0.6) is 0 Å². The van der Waals surface area contributed by atoms with Gasteiger partial charge in [0, 0.05) is 25.2 Å². The van der Waals surface area contributed by atoms with Crippen LogP contribution in [0.3, 0.4) is 0 Å². The molecule has 3 heteroatoms. The minimum atomic E-state index is 0.427. The smallest absolute Gasteiger partial charge is 0.128 e. The van der Waals surface area contributed by atoms with Crippen molar-refractivity contribution in [1.29, 1.82) is 0 Å². The molecular formula is C17H23N3. The van der Waals surface area contributed by atoms with Crippen molar-refractivity contribution in [2.45, 2.75) is 39.3 Å². The van der Waals surface area contributed by atoms with Crippen molar-refractivity contribution in [3.8, 4) is 0 Å². The molecule has 0 aliphatic carbocycles. The summed E-state index contributed by atoms with van der Waals surface area (Å²) in [6, 6.07) is 13.1. The molecule has 3 nitrogen and oxygen atoms in total. The largest absolute Gasteiger partial charge is 0.294 e. The summed E-state index contributed by atoms with van der Waals surface area (Å²) < 4.78 is 0. The second kappa shape index (κ2) is 7.15. The third-order valence-electron chi connectivity index (χ3n) is 3.59. The maximum absolute atomic E-state index is 4.59. The van der Waals surface area contributed by atoms with Crippen LogP contribution in [-0.4, -0.2) is 21.9 Å². The van der Waals surface area contributed by atoms with Gasteiger partial charge in [-0.15, -0.1) is 0 Å². The Morgan fingerprint density at radius 2 is 1.85 bits per heavy atom. The van der Waals surface area contributed by atoms with E-state index < -0.39 is 0 Å². The Morgan fingerprint density at radius 1 is 1.10 bits per heavy atom. The van der Waals surface area contributed by atoms with Gasteiger partial charge in [-0.3, -0.25) is 4.90 Å². The number of aryl methyl sites for hydroxylation is 1. The Labute approximate surface area is 121 Å². The van der Waals surface area contributed by atoms with Gasteiger partial charge in [-0.25, -0.2) is 9.97 Å². The number of rotatable bonds is 6. The molecular weight excluding hydrogens is 246 g/mol. The maximum Gasteiger partial charge on any atom is 0.128 e. The van der Waals surface area contributed by atoms with E-state index >= 15 is 0 Å². The van der Waals surface area contributed by atoms with Gasteiger partial charge in [-0.05, 0) is 25.1 Å². The first kappa shape index (κ1) is 14.7. The number of hydrogen-bond donors (Lipinski definition) is 0. The number of benzene rings is 1. The second-order valence-electron chi connectivity index (χ2n) is 5.07. The van der Waals surface area contributed by atoms with Gasteiger partial charge >= 0.3 is 0 Å². The number of hydrogen-bond acceptors (Lipinski definition) is 3. The molecule has 0 amide bonds. The van der Waals surface area contributed by atoms with Crippen molar-refractivity contribution in [3.63, 3.8) is 0 Å². The van der Waals surface area contributed by atoms with Gasteiger partial charge in [0.2, 0.25) is 0 Å². The third-order valence-corrected chi connectivity index (χ3v) is 3.59. The van der Waals surface area contributed by atoms with Crippen LogP contribution in [0.1, 0.15) is 43.4 Å².